The molecule has 0 spiro atoms. The molecule has 1 saturated heterocycles. The third kappa shape index (κ3) is 3.34. The molecule has 0 amide bonds. The predicted molar refractivity (Wildman–Crippen MR) is 65.7 cm³/mol. The molecule has 1 aromatic rings. The summed E-state index contributed by atoms with van der Waals surface area (Å²) in [6, 6.07) is 1.74. The topological polar surface area (TPSA) is 55.0 Å². The Morgan fingerprint density at radius 1 is 1.42 bits per heavy atom. The van der Waals surface area contributed by atoms with E-state index in [1.165, 1.54) is 0 Å². The van der Waals surface area contributed by atoms with E-state index >= 15 is 0 Å². The fourth-order valence-electron chi connectivity index (χ4n) is 2.29. The van der Waals surface area contributed by atoms with Crippen LogP contribution in [0.15, 0.2) is 6.07 Å². The minimum atomic E-state index is -4.15. The van der Waals surface area contributed by atoms with E-state index in [1.807, 2.05) is 0 Å². The molecule has 0 saturated carbocycles. The van der Waals surface area contributed by atoms with Crippen molar-refractivity contribution in [1.29, 1.82) is 0 Å². The van der Waals surface area contributed by atoms with Gasteiger partial charge in [-0.1, -0.05) is 0 Å². The fraction of sp³-hybridized carbons (Fsp3) is 0.667. The molecular formula is C12H17F3N4. The van der Waals surface area contributed by atoms with Gasteiger partial charge in [-0.2, -0.15) is 13.2 Å². The molecule has 1 aliphatic rings. The molecule has 0 radical (unpaired) electrons. The van der Waals surface area contributed by atoms with Crippen molar-refractivity contribution < 1.29 is 13.2 Å². The van der Waals surface area contributed by atoms with Crippen molar-refractivity contribution in [3.8, 4) is 0 Å². The Balaban J connectivity index is 2.19. The number of piperidine rings is 1. The van der Waals surface area contributed by atoms with Crippen LogP contribution in [0.4, 0.5) is 19.1 Å². The molecular weight excluding hydrogens is 257 g/mol. The first-order valence-electron chi connectivity index (χ1n) is 6.26. The Labute approximate surface area is 109 Å². The summed E-state index contributed by atoms with van der Waals surface area (Å²) in [6.07, 6.45) is -3.48. The highest BCUT2D eigenvalue weighted by Gasteiger charge is 2.42. The lowest BCUT2D eigenvalue weighted by molar-refractivity contribution is -0.176. The molecule has 2 heterocycles. The zero-order chi connectivity index (χ0) is 14.0. The molecule has 0 aliphatic carbocycles. The second kappa shape index (κ2) is 5.32. The minimum Gasteiger partial charge on any atom is -0.340 e. The van der Waals surface area contributed by atoms with Gasteiger partial charge in [0.05, 0.1) is 11.6 Å². The summed E-state index contributed by atoms with van der Waals surface area (Å²) in [6.45, 7) is 2.53. The maximum absolute atomic E-state index is 12.8. The van der Waals surface area contributed by atoms with Crippen molar-refractivity contribution in [2.45, 2.75) is 32.5 Å². The van der Waals surface area contributed by atoms with Crippen molar-refractivity contribution in [2.75, 3.05) is 18.0 Å². The Kier molecular flexibility index (Phi) is 3.93. The predicted octanol–water partition coefficient (Wildman–Crippen LogP) is 2.02. The van der Waals surface area contributed by atoms with Crippen molar-refractivity contribution in [3.63, 3.8) is 0 Å². The van der Waals surface area contributed by atoms with E-state index in [2.05, 4.69) is 9.97 Å². The number of nitrogens with two attached hydrogens (primary N) is 1. The third-order valence-electron chi connectivity index (χ3n) is 3.27. The van der Waals surface area contributed by atoms with E-state index in [4.69, 9.17) is 5.73 Å². The number of hydrogen-bond acceptors (Lipinski definition) is 4. The van der Waals surface area contributed by atoms with Gasteiger partial charge in [0.1, 0.15) is 0 Å². The van der Waals surface area contributed by atoms with Crippen molar-refractivity contribution in [3.05, 3.63) is 17.5 Å². The zero-order valence-corrected chi connectivity index (χ0v) is 10.7. The number of aryl methyl sites for hydroxylation is 1. The lowest BCUT2D eigenvalue weighted by atomic mass is 9.98. The molecule has 1 fully saturated rings. The van der Waals surface area contributed by atoms with Gasteiger partial charge in [0, 0.05) is 25.3 Å². The summed E-state index contributed by atoms with van der Waals surface area (Å²) in [5.74, 6) is -0.943. The average molecular weight is 274 g/mol. The van der Waals surface area contributed by atoms with E-state index < -0.39 is 12.1 Å². The van der Waals surface area contributed by atoms with Crippen LogP contribution in [0.5, 0.6) is 0 Å². The summed E-state index contributed by atoms with van der Waals surface area (Å²) in [4.78, 5) is 10.0. The van der Waals surface area contributed by atoms with Crippen molar-refractivity contribution in [1.82, 2.24) is 9.97 Å². The number of hydrogen-bond donors (Lipinski definition) is 1. The Bertz CT molecular complexity index is 447. The van der Waals surface area contributed by atoms with E-state index in [9.17, 15) is 13.2 Å². The number of halogens is 3. The number of alkyl halides is 3. The van der Waals surface area contributed by atoms with Crippen molar-refractivity contribution >= 4 is 5.95 Å². The Morgan fingerprint density at radius 2 is 2.16 bits per heavy atom. The smallest absolute Gasteiger partial charge is 0.340 e. The monoisotopic (exact) mass is 274 g/mol. The molecule has 7 heteroatoms. The molecule has 106 valence electrons. The number of aromatic nitrogens is 2. The van der Waals surface area contributed by atoms with Gasteiger partial charge in [0.25, 0.3) is 0 Å². The van der Waals surface area contributed by atoms with Crippen LogP contribution in [0.2, 0.25) is 0 Å². The molecule has 0 aromatic carbocycles. The molecule has 1 aromatic heterocycles. The highest BCUT2D eigenvalue weighted by Crippen LogP contribution is 2.34. The van der Waals surface area contributed by atoms with E-state index in [0.29, 0.717) is 24.6 Å². The molecule has 0 bridgehead atoms. The minimum absolute atomic E-state index is 0.0725. The second-order valence-corrected chi connectivity index (χ2v) is 4.83. The van der Waals surface area contributed by atoms with Gasteiger partial charge < -0.3 is 10.6 Å². The molecule has 1 atom stereocenters. The summed E-state index contributed by atoms with van der Waals surface area (Å²) in [7, 11) is 0. The fourth-order valence-corrected chi connectivity index (χ4v) is 2.29. The van der Waals surface area contributed by atoms with E-state index in [-0.39, 0.29) is 19.5 Å². The van der Waals surface area contributed by atoms with Gasteiger partial charge in [-0.05, 0) is 25.8 Å². The average Bonchev–Trinajstić information content (AvgIpc) is 2.37. The molecule has 2 rings (SSSR count). The standard InChI is InChI=1S/C12H17F3N4/c1-8-5-10(6-16)18-11(17-8)19-4-2-3-9(7-19)12(13,14)15/h5,9H,2-4,6-7,16H2,1H3. The molecule has 1 aliphatic heterocycles. The molecule has 19 heavy (non-hydrogen) atoms. The van der Waals surface area contributed by atoms with Gasteiger partial charge in [-0.25, -0.2) is 9.97 Å². The normalized spacial score (nSPS) is 20.7. The summed E-state index contributed by atoms with van der Waals surface area (Å²) in [5.41, 5.74) is 6.90. The van der Waals surface area contributed by atoms with Crippen LogP contribution in [0.3, 0.4) is 0 Å². The Morgan fingerprint density at radius 3 is 2.79 bits per heavy atom. The second-order valence-electron chi connectivity index (χ2n) is 4.83. The van der Waals surface area contributed by atoms with Crippen LogP contribution >= 0.6 is 0 Å². The maximum Gasteiger partial charge on any atom is 0.393 e. The first kappa shape index (κ1) is 14.0. The van der Waals surface area contributed by atoms with Gasteiger partial charge in [0.2, 0.25) is 5.95 Å². The van der Waals surface area contributed by atoms with Crippen molar-refractivity contribution in [2.24, 2.45) is 11.7 Å². The van der Waals surface area contributed by atoms with Gasteiger partial charge >= 0.3 is 6.18 Å². The highest BCUT2D eigenvalue weighted by atomic mass is 19.4. The highest BCUT2D eigenvalue weighted by molar-refractivity contribution is 5.33. The summed E-state index contributed by atoms with van der Waals surface area (Å²) >= 11 is 0. The van der Waals surface area contributed by atoms with Crippen LogP contribution in [-0.4, -0.2) is 29.2 Å². The first-order chi connectivity index (χ1) is 8.90. The molecule has 2 N–H and O–H groups in total. The summed E-state index contributed by atoms with van der Waals surface area (Å²) < 4.78 is 38.3. The number of rotatable bonds is 2. The van der Waals surface area contributed by atoms with Crippen LogP contribution in [0, 0.1) is 12.8 Å². The number of anilines is 1. The maximum atomic E-state index is 12.8. The quantitative estimate of drug-likeness (QED) is 0.896. The van der Waals surface area contributed by atoms with Gasteiger partial charge in [0.15, 0.2) is 0 Å². The molecule has 1 unspecified atom stereocenters. The lowest BCUT2D eigenvalue weighted by Gasteiger charge is -2.33. The van der Waals surface area contributed by atoms with Gasteiger partial charge in [-0.15, -0.1) is 0 Å². The van der Waals surface area contributed by atoms with Crippen LogP contribution in [0.1, 0.15) is 24.2 Å². The summed E-state index contributed by atoms with van der Waals surface area (Å²) in [5, 5.41) is 0. The lowest BCUT2D eigenvalue weighted by Crippen LogP contribution is -2.42. The van der Waals surface area contributed by atoms with E-state index in [0.717, 1.165) is 5.69 Å². The van der Waals surface area contributed by atoms with Crippen LogP contribution < -0.4 is 10.6 Å². The van der Waals surface area contributed by atoms with E-state index in [1.54, 1.807) is 17.9 Å². The Hall–Kier alpha value is -1.37. The zero-order valence-electron chi connectivity index (χ0n) is 10.7. The SMILES string of the molecule is Cc1cc(CN)nc(N2CCCC(C(F)(F)F)C2)n1. The molecule has 4 nitrogen and oxygen atoms in total. The van der Waals surface area contributed by atoms with Crippen LogP contribution in [0.25, 0.3) is 0 Å². The van der Waals surface area contributed by atoms with Gasteiger partial charge in [-0.3, -0.25) is 0 Å². The third-order valence-corrected chi connectivity index (χ3v) is 3.27. The number of nitrogens with zero attached hydrogens (tertiary/aromatic N) is 3. The van der Waals surface area contributed by atoms with Crippen LogP contribution in [-0.2, 0) is 6.54 Å². The first-order valence-corrected chi connectivity index (χ1v) is 6.26. The largest absolute Gasteiger partial charge is 0.393 e.